The van der Waals surface area contributed by atoms with E-state index in [9.17, 15) is 4.79 Å². The summed E-state index contributed by atoms with van der Waals surface area (Å²) in [6, 6.07) is 0. The quantitative estimate of drug-likeness (QED) is 0.523. The molecule has 12 heavy (non-hydrogen) atoms. The van der Waals surface area contributed by atoms with Gasteiger partial charge in [0.25, 0.3) is 5.91 Å². The number of carbonyl (C=O) groups excluding carboxylic acids is 1. The molecule has 0 aliphatic carbocycles. The summed E-state index contributed by atoms with van der Waals surface area (Å²) < 4.78 is 0. The monoisotopic (exact) mass is 160 g/mol. The van der Waals surface area contributed by atoms with Gasteiger partial charge in [-0.25, -0.2) is 4.99 Å². The van der Waals surface area contributed by atoms with Gasteiger partial charge >= 0.3 is 0 Å². The smallest absolute Gasteiger partial charge is 0.258 e. The Hall–Kier alpha value is -1.51. The average molecular weight is 160 g/mol. The zero-order valence-corrected chi connectivity index (χ0v) is 6.69. The molecule has 0 N–H and O–H groups in total. The highest BCUT2D eigenvalue weighted by atomic mass is 16.1. The van der Waals surface area contributed by atoms with E-state index >= 15 is 0 Å². The lowest BCUT2D eigenvalue weighted by Gasteiger charge is -2.16. The van der Waals surface area contributed by atoms with E-state index in [4.69, 9.17) is 0 Å². The van der Waals surface area contributed by atoms with Crippen molar-refractivity contribution in [2.24, 2.45) is 15.9 Å². The number of dihydropyridines is 1. The van der Waals surface area contributed by atoms with E-state index < -0.39 is 0 Å². The Morgan fingerprint density at radius 2 is 2.33 bits per heavy atom. The van der Waals surface area contributed by atoms with E-state index in [-0.39, 0.29) is 11.8 Å². The minimum absolute atomic E-state index is 0.113. The minimum atomic E-state index is -0.237. The van der Waals surface area contributed by atoms with Crippen LogP contribution in [0.5, 0.6) is 0 Å². The van der Waals surface area contributed by atoms with Gasteiger partial charge in [-0.1, -0.05) is 0 Å². The predicted octanol–water partition coefficient (Wildman–Crippen LogP) is 1.13. The van der Waals surface area contributed by atoms with Gasteiger partial charge in [0.2, 0.25) is 0 Å². The third-order valence-corrected chi connectivity index (χ3v) is 1.88. The SMILES string of the molecule is CC1=NC(=O)C2C=NC=CC2=C1. The number of fused-ring (bicyclic) bond motifs is 1. The van der Waals surface area contributed by atoms with E-state index in [1.165, 1.54) is 0 Å². The molecule has 60 valence electrons. The van der Waals surface area contributed by atoms with E-state index in [0.29, 0.717) is 0 Å². The van der Waals surface area contributed by atoms with Crippen LogP contribution in [-0.2, 0) is 4.79 Å². The van der Waals surface area contributed by atoms with Gasteiger partial charge < -0.3 is 0 Å². The van der Waals surface area contributed by atoms with Crippen molar-refractivity contribution in [3.05, 3.63) is 23.9 Å². The third-order valence-electron chi connectivity index (χ3n) is 1.88. The first-order chi connectivity index (χ1) is 5.77. The summed E-state index contributed by atoms with van der Waals surface area (Å²) in [4.78, 5) is 19.0. The number of rotatable bonds is 0. The van der Waals surface area contributed by atoms with Crippen LogP contribution in [0.1, 0.15) is 6.92 Å². The zero-order valence-electron chi connectivity index (χ0n) is 6.69. The van der Waals surface area contributed by atoms with Crippen molar-refractivity contribution in [2.75, 3.05) is 0 Å². The van der Waals surface area contributed by atoms with Crippen LogP contribution in [-0.4, -0.2) is 17.8 Å². The van der Waals surface area contributed by atoms with Crippen LogP contribution in [0.4, 0.5) is 0 Å². The molecule has 0 aromatic rings. The van der Waals surface area contributed by atoms with E-state index in [1.807, 2.05) is 19.1 Å². The molecule has 0 fully saturated rings. The van der Waals surface area contributed by atoms with E-state index in [1.54, 1.807) is 12.4 Å². The molecule has 0 saturated carbocycles. The zero-order chi connectivity index (χ0) is 8.55. The Morgan fingerprint density at radius 1 is 1.50 bits per heavy atom. The molecule has 0 bridgehead atoms. The molecule has 3 heteroatoms. The van der Waals surface area contributed by atoms with Gasteiger partial charge in [0, 0.05) is 18.1 Å². The average Bonchev–Trinajstić information content (AvgIpc) is 2.04. The van der Waals surface area contributed by atoms with Crippen molar-refractivity contribution >= 4 is 17.8 Å². The highest BCUT2D eigenvalue weighted by molar-refractivity contribution is 6.11. The molecule has 0 aromatic heterocycles. The number of aliphatic imine (C=N–C) groups is 2. The summed E-state index contributed by atoms with van der Waals surface area (Å²) in [6.45, 7) is 1.82. The van der Waals surface area contributed by atoms with Crippen LogP contribution in [0.2, 0.25) is 0 Å². The first-order valence-corrected chi connectivity index (χ1v) is 3.78. The summed E-state index contributed by atoms with van der Waals surface area (Å²) in [5, 5.41) is 0. The summed E-state index contributed by atoms with van der Waals surface area (Å²) >= 11 is 0. The van der Waals surface area contributed by atoms with Crippen LogP contribution in [0.25, 0.3) is 0 Å². The second kappa shape index (κ2) is 2.52. The minimum Gasteiger partial charge on any atom is -0.271 e. The molecule has 0 spiro atoms. The molecule has 2 heterocycles. The number of amides is 1. The van der Waals surface area contributed by atoms with Gasteiger partial charge in [0.05, 0.1) is 0 Å². The number of hydrogen-bond acceptors (Lipinski definition) is 2. The first-order valence-electron chi connectivity index (χ1n) is 3.78. The van der Waals surface area contributed by atoms with Crippen molar-refractivity contribution < 1.29 is 4.79 Å². The molecule has 2 rings (SSSR count). The number of nitrogens with zero attached hydrogens (tertiary/aromatic N) is 2. The van der Waals surface area contributed by atoms with Gasteiger partial charge in [-0.15, -0.1) is 0 Å². The molecule has 1 unspecified atom stereocenters. The van der Waals surface area contributed by atoms with Gasteiger partial charge in [-0.2, -0.15) is 0 Å². The molecule has 2 aliphatic rings. The van der Waals surface area contributed by atoms with E-state index in [2.05, 4.69) is 9.98 Å². The topological polar surface area (TPSA) is 41.8 Å². The molecule has 2 aliphatic heterocycles. The first kappa shape index (κ1) is 7.16. The molecule has 0 saturated heterocycles. The Bertz CT molecular complexity index is 348. The fourth-order valence-corrected chi connectivity index (χ4v) is 1.32. The highest BCUT2D eigenvalue weighted by Crippen LogP contribution is 2.20. The normalized spacial score (nSPS) is 26.4. The lowest BCUT2D eigenvalue weighted by molar-refractivity contribution is -0.118. The van der Waals surface area contributed by atoms with Crippen LogP contribution in [0.3, 0.4) is 0 Å². The lowest BCUT2D eigenvalue weighted by atomic mass is 9.94. The third kappa shape index (κ3) is 1.03. The Kier molecular flexibility index (Phi) is 1.50. The van der Waals surface area contributed by atoms with Gasteiger partial charge in [-0.3, -0.25) is 9.79 Å². The van der Waals surface area contributed by atoms with Crippen molar-refractivity contribution in [3.8, 4) is 0 Å². The van der Waals surface area contributed by atoms with Crippen molar-refractivity contribution in [1.82, 2.24) is 0 Å². The van der Waals surface area contributed by atoms with Crippen molar-refractivity contribution in [2.45, 2.75) is 6.92 Å². The number of carbonyl (C=O) groups is 1. The Morgan fingerprint density at radius 3 is 3.17 bits per heavy atom. The molecule has 3 nitrogen and oxygen atoms in total. The second-order valence-corrected chi connectivity index (χ2v) is 2.83. The largest absolute Gasteiger partial charge is 0.271 e. The summed E-state index contributed by atoms with van der Waals surface area (Å²) in [5.74, 6) is -0.350. The molecular weight excluding hydrogens is 152 g/mol. The van der Waals surface area contributed by atoms with Crippen LogP contribution < -0.4 is 0 Å². The van der Waals surface area contributed by atoms with Crippen LogP contribution in [0, 0.1) is 5.92 Å². The molecule has 1 atom stereocenters. The van der Waals surface area contributed by atoms with Crippen molar-refractivity contribution in [3.63, 3.8) is 0 Å². The van der Waals surface area contributed by atoms with Crippen LogP contribution in [0.15, 0.2) is 33.9 Å². The number of hydrogen-bond donors (Lipinski definition) is 0. The van der Waals surface area contributed by atoms with Crippen LogP contribution >= 0.6 is 0 Å². The van der Waals surface area contributed by atoms with Gasteiger partial charge in [0.15, 0.2) is 0 Å². The maximum Gasteiger partial charge on any atom is 0.258 e. The predicted molar refractivity (Wildman–Crippen MR) is 47.3 cm³/mol. The molecule has 0 radical (unpaired) electrons. The van der Waals surface area contributed by atoms with Gasteiger partial charge in [-0.05, 0) is 24.6 Å². The van der Waals surface area contributed by atoms with E-state index in [0.717, 1.165) is 11.3 Å². The molecular formula is C9H8N2O. The lowest BCUT2D eigenvalue weighted by Crippen LogP contribution is -2.22. The fourth-order valence-electron chi connectivity index (χ4n) is 1.32. The highest BCUT2D eigenvalue weighted by Gasteiger charge is 2.23. The summed E-state index contributed by atoms with van der Waals surface area (Å²) in [7, 11) is 0. The maximum atomic E-state index is 11.3. The van der Waals surface area contributed by atoms with Gasteiger partial charge in [0.1, 0.15) is 5.92 Å². The molecule has 1 amide bonds. The fraction of sp³-hybridized carbons (Fsp3) is 0.222. The molecule has 0 aromatic carbocycles. The standard InChI is InChI=1S/C9H8N2O/c1-6-4-7-2-3-10-5-8(7)9(12)11-6/h2-5,8H,1H3. The Balaban J connectivity index is 2.45. The number of allylic oxidation sites excluding steroid dienone is 2. The second-order valence-electron chi connectivity index (χ2n) is 2.83. The maximum absolute atomic E-state index is 11.3. The Labute approximate surface area is 70.2 Å². The summed E-state index contributed by atoms with van der Waals surface area (Å²) in [5.41, 5.74) is 1.76. The summed E-state index contributed by atoms with van der Waals surface area (Å²) in [6.07, 6.45) is 7.08. The van der Waals surface area contributed by atoms with Crippen molar-refractivity contribution in [1.29, 1.82) is 0 Å².